The predicted molar refractivity (Wildman–Crippen MR) is 102 cm³/mol. The van der Waals surface area contributed by atoms with Crippen LogP contribution in [0, 0.1) is 5.92 Å². The first-order valence-electron chi connectivity index (χ1n) is 10.0. The molecular weight excluding hydrogens is 310 g/mol. The fourth-order valence-corrected chi connectivity index (χ4v) is 4.77. The Kier molecular flexibility index (Phi) is 4.98. The van der Waals surface area contributed by atoms with Gasteiger partial charge in [-0.2, -0.15) is 0 Å². The van der Waals surface area contributed by atoms with Crippen molar-refractivity contribution in [1.29, 1.82) is 0 Å². The third-order valence-electron chi connectivity index (χ3n) is 6.25. The van der Waals surface area contributed by atoms with Crippen molar-refractivity contribution in [2.45, 2.75) is 57.5 Å². The quantitative estimate of drug-likeness (QED) is 0.915. The van der Waals surface area contributed by atoms with E-state index in [4.69, 9.17) is 0 Å². The summed E-state index contributed by atoms with van der Waals surface area (Å²) in [7, 11) is 2.19. The van der Waals surface area contributed by atoms with Crippen molar-refractivity contribution in [3.8, 4) is 0 Å². The minimum absolute atomic E-state index is 0.185. The number of likely N-dealkylation sites (tertiary alicyclic amines) is 1. The zero-order valence-electron chi connectivity index (χ0n) is 15.5. The number of nitrogens with zero attached hydrogens (tertiary/aromatic N) is 2. The van der Waals surface area contributed by atoms with Gasteiger partial charge in [-0.1, -0.05) is 25.0 Å². The van der Waals surface area contributed by atoms with Crippen LogP contribution in [0.4, 0.5) is 5.69 Å². The topological polar surface area (TPSA) is 35.6 Å². The normalized spacial score (nSPS) is 24.5. The second-order valence-electron chi connectivity index (χ2n) is 8.20. The number of carbonyl (C=O) groups excluding carboxylic acids is 1. The molecule has 1 aromatic rings. The molecule has 0 spiro atoms. The largest absolute Gasteiger partial charge is 0.374 e. The van der Waals surface area contributed by atoms with Crippen molar-refractivity contribution >= 4 is 11.6 Å². The maximum atomic E-state index is 12.5. The predicted octanol–water partition coefficient (Wildman–Crippen LogP) is 2.95. The van der Waals surface area contributed by atoms with Crippen molar-refractivity contribution in [1.82, 2.24) is 10.2 Å². The smallest absolute Gasteiger partial charge is 0.224 e. The molecule has 0 aromatic heterocycles. The molecule has 1 amide bonds. The summed E-state index contributed by atoms with van der Waals surface area (Å²) in [5.41, 5.74) is 4.28. The zero-order chi connectivity index (χ0) is 17.2. The molecule has 2 fully saturated rings. The third kappa shape index (κ3) is 3.84. The summed E-state index contributed by atoms with van der Waals surface area (Å²) in [4.78, 5) is 17.3. The van der Waals surface area contributed by atoms with Crippen LogP contribution in [0.5, 0.6) is 0 Å². The summed E-state index contributed by atoms with van der Waals surface area (Å²) in [6.45, 7) is 4.09. The van der Waals surface area contributed by atoms with Gasteiger partial charge in [-0.3, -0.25) is 9.69 Å². The molecule has 1 aromatic carbocycles. The molecule has 1 aliphatic carbocycles. The number of hydrogen-bond donors (Lipinski definition) is 1. The summed E-state index contributed by atoms with van der Waals surface area (Å²) < 4.78 is 0. The molecule has 1 N–H and O–H groups in total. The molecule has 1 saturated carbocycles. The molecule has 3 aliphatic rings. The first-order chi connectivity index (χ1) is 12.2. The number of aryl methyl sites for hydroxylation is 1. The van der Waals surface area contributed by atoms with Crippen molar-refractivity contribution in [3.63, 3.8) is 0 Å². The van der Waals surface area contributed by atoms with E-state index in [0.29, 0.717) is 11.9 Å². The van der Waals surface area contributed by atoms with Crippen LogP contribution in [0.1, 0.15) is 49.7 Å². The van der Waals surface area contributed by atoms with E-state index in [1.807, 2.05) is 0 Å². The molecule has 2 heterocycles. The number of carbonyl (C=O) groups is 1. The van der Waals surface area contributed by atoms with E-state index in [0.717, 1.165) is 32.6 Å². The summed E-state index contributed by atoms with van der Waals surface area (Å²) in [6, 6.07) is 7.38. The van der Waals surface area contributed by atoms with Gasteiger partial charge in [0, 0.05) is 38.4 Å². The lowest BCUT2D eigenvalue weighted by Crippen LogP contribution is -2.38. The Bertz CT molecular complexity index is 624. The average Bonchev–Trinajstić information content (AvgIpc) is 3.27. The summed E-state index contributed by atoms with van der Waals surface area (Å²) in [5, 5.41) is 3.28. The van der Waals surface area contributed by atoms with Crippen LogP contribution in [-0.2, 0) is 17.8 Å². The number of benzene rings is 1. The average molecular weight is 341 g/mol. The maximum Gasteiger partial charge on any atom is 0.224 e. The van der Waals surface area contributed by atoms with Crippen LogP contribution in [0.2, 0.25) is 0 Å². The first kappa shape index (κ1) is 16.9. The monoisotopic (exact) mass is 341 g/mol. The van der Waals surface area contributed by atoms with Gasteiger partial charge in [0.05, 0.1) is 5.92 Å². The van der Waals surface area contributed by atoms with Crippen LogP contribution >= 0.6 is 0 Å². The highest BCUT2D eigenvalue weighted by Gasteiger charge is 2.30. The summed E-state index contributed by atoms with van der Waals surface area (Å²) >= 11 is 0. The Morgan fingerprint density at radius 3 is 2.84 bits per heavy atom. The molecule has 4 heteroatoms. The van der Waals surface area contributed by atoms with Crippen LogP contribution in [-0.4, -0.2) is 43.5 Å². The van der Waals surface area contributed by atoms with Crippen LogP contribution in [0.15, 0.2) is 18.2 Å². The highest BCUT2D eigenvalue weighted by atomic mass is 16.2. The van der Waals surface area contributed by atoms with E-state index < -0.39 is 0 Å². The number of anilines is 1. The number of rotatable bonds is 4. The minimum Gasteiger partial charge on any atom is -0.374 e. The van der Waals surface area contributed by atoms with E-state index in [-0.39, 0.29) is 5.92 Å². The summed E-state index contributed by atoms with van der Waals surface area (Å²) in [5.74, 6) is 0.478. The molecule has 1 atom stereocenters. The van der Waals surface area contributed by atoms with Gasteiger partial charge in [0.1, 0.15) is 0 Å². The molecule has 25 heavy (non-hydrogen) atoms. The Morgan fingerprint density at radius 1 is 1.16 bits per heavy atom. The van der Waals surface area contributed by atoms with Gasteiger partial charge < -0.3 is 10.2 Å². The van der Waals surface area contributed by atoms with Crippen LogP contribution in [0.3, 0.4) is 0 Å². The van der Waals surface area contributed by atoms with Crippen molar-refractivity contribution in [2.75, 3.05) is 31.6 Å². The van der Waals surface area contributed by atoms with Crippen molar-refractivity contribution in [3.05, 3.63) is 29.3 Å². The van der Waals surface area contributed by atoms with E-state index in [2.05, 4.69) is 40.4 Å². The zero-order valence-corrected chi connectivity index (χ0v) is 15.5. The van der Waals surface area contributed by atoms with E-state index >= 15 is 0 Å². The summed E-state index contributed by atoms with van der Waals surface area (Å²) in [6.07, 6.45) is 8.34. The number of hydrogen-bond acceptors (Lipinski definition) is 3. The van der Waals surface area contributed by atoms with Gasteiger partial charge in [0.15, 0.2) is 0 Å². The maximum absolute atomic E-state index is 12.5. The Hall–Kier alpha value is -1.55. The second kappa shape index (κ2) is 7.36. The molecule has 2 aliphatic heterocycles. The van der Waals surface area contributed by atoms with Gasteiger partial charge in [0.2, 0.25) is 5.91 Å². The molecule has 0 radical (unpaired) electrons. The van der Waals surface area contributed by atoms with E-state index in [1.54, 1.807) is 0 Å². The van der Waals surface area contributed by atoms with Crippen LogP contribution < -0.4 is 10.2 Å². The molecule has 136 valence electrons. The van der Waals surface area contributed by atoms with Gasteiger partial charge in [0.25, 0.3) is 0 Å². The molecular formula is C21H31N3O. The Morgan fingerprint density at radius 2 is 2.00 bits per heavy atom. The first-order valence-corrected chi connectivity index (χ1v) is 10.0. The lowest BCUT2D eigenvalue weighted by Gasteiger charge is -2.28. The van der Waals surface area contributed by atoms with Gasteiger partial charge in [-0.15, -0.1) is 0 Å². The molecule has 1 unspecified atom stereocenters. The highest BCUT2D eigenvalue weighted by Crippen LogP contribution is 2.28. The second-order valence-corrected chi connectivity index (χ2v) is 8.20. The van der Waals surface area contributed by atoms with E-state index in [9.17, 15) is 4.79 Å². The number of nitrogens with one attached hydrogen (secondary N) is 1. The van der Waals surface area contributed by atoms with Gasteiger partial charge in [-0.05, 0) is 55.8 Å². The standard InChI is InChI=1S/C21H31N3O/c1-23-11-4-5-17-13-16(8-9-20(17)23)14-24-12-10-18(15-24)21(25)22-19-6-2-3-7-19/h8-9,13,18-19H,2-7,10-12,14-15H2,1H3,(H,22,25). The SMILES string of the molecule is CN1CCCc2cc(CN3CCC(C(=O)NC4CCCC4)C3)ccc21. The van der Waals surface area contributed by atoms with Crippen molar-refractivity contribution < 1.29 is 4.79 Å². The molecule has 4 nitrogen and oxygen atoms in total. The van der Waals surface area contributed by atoms with Gasteiger partial charge in [-0.25, -0.2) is 0 Å². The van der Waals surface area contributed by atoms with Crippen molar-refractivity contribution in [2.24, 2.45) is 5.92 Å². The Balaban J connectivity index is 1.32. The molecule has 4 rings (SSSR count). The lowest BCUT2D eigenvalue weighted by molar-refractivity contribution is -0.125. The molecule has 0 bridgehead atoms. The molecule has 1 saturated heterocycles. The van der Waals surface area contributed by atoms with Gasteiger partial charge >= 0.3 is 0 Å². The number of fused-ring (bicyclic) bond motifs is 1. The minimum atomic E-state index is 0.185. The fraction of sp³-hybridized carbons (Fsp3) is 0.667. The lowest BCUT2D eigenvalue weighted by atomic mass is 9.99. The Labute approximate surface area is 151 Å². The van der Waals surface area contributed by atoms with E-state index in [1.165, 1.54) is 55.3 Å². The highest BCUT2D eigenvalue weighted by molar-refractivity contribution is 5.79. The fourth-order valence-electron chi connectivity index (χ4n) is 4.77. The third-order valence-corrected chi connectivity index (χ3v) is 6.25. The number of amides is 1. The van der Waals surface area contributed by atoms with Crippen LogP contribution in [0.25, 0.3) is 0 Å².